The molecule has 0 saturated heterocycles. The van der Waals surface area contributed by atoms with Crippen LogP contribution in [0.25, 0.3) is 0 Å². The fraction of sp³-hybridized carbons (Fsp3) is 0.208. The number of rotatable bonds is 5. The molecule has 1 aliphatic heterocycles. The summed E-state index contributed by atoms with van der Waals surface area (Å²) in [5, 5.41) is 2.88. The quantitative estimate of drug-likeness (QED) is 0.685. The van der Waals surface area contributed by atoms with Gasteiger partial charge in [0.1, 0.15) is 0 Å². The highest BCUT2D eigenvalue weighted by Gasteiger charge is 2.28. The Morgan fingerprint density at radius 3 is 2.50 bits per heavy atom. The molecule has 0 bridgehead atoms. The van der Waals surface area contributed by atoms with E-state index in [-0.39, 0.29) is 10.8 Å². The highest BCUT2D eigenvalue weighted by atomic mass is 32.2. The van der Waals surface area contributed by atoms with Gasteiger partial charge in [-0.25, -0.2) is 8.42 Å². The average Bonchev–Trinajstić information content (AvgIpc) is 2.78. The molecule has 1 N–H and O–H groups in total. The lowest BCUT2D eigenvalue weighted by atomic mass is 10.0. The van der Waals surface area contributed by atoms with Crippen molar-refractivity contribution in [2.75, 3.05) is 6.54 Å². The number of benzene rings is 3. The van der Waals surface area contributed by atoms with Gasteiger partial charge in [-0.15, -0.1) is 0 Å². The summed E-state index contributed by atoms with van der Waals surface area (Å²) in [5.41, 5.74) is 4.68. The van der Waals surface area contributed by atoms with Crippen molar-refractivity contribution in [1.82, 2.24) is 9.62 Å². The number of nitrogens with zero attached hydrogens (tertiary/aromatic N) is 1. The molecule has 0 aromatic heterocycles. The predicted molar refractivity (Wildman–Crippen MR) is 117 cm³/mol. The first-order valence-corrected chi connectivity index (χ1v) is 11.4. The Hall–Kier alpha value is -2.96. The third-order valence-corrected chi connectivity index (χ3v) is 7.37. The molecule has 0 fully saturated rings. The zero-order chi connectivity index (χ0) is 21.1. The average molecular weight is 421 g/mol. The molecule has 4 rings (SSSR count). The summed E-state index contributed by atoms with van der Waals surface area (Å²) >= 11 is 0. The Balaban J connectivity index is 1.51. The molecule has 0 atom stereocenters. The maximum absolute atomic E-state index is 13.2. The maximum Gasteiger partial charge on any atom is 0.251 e. The Kier molecular flexibility index (Phi) is 5.70. The molecule has 0 saturated carbocycles. The second-order valence-electron chi connectivity index (χ2n) is 7.49. The fourth-order valence-corrected chi connectivity index (χ4v) is 5.17. The van der Waals surface area contributed by atoms with Crippen molar-refractivity contribution >= 4 is 15.9 Å². The van der Waals surface area contributed by atoms with Gasteiger partial charge in [0, 0.05) is 25.2 Å². The monoisotopic (exact) mass is 420 g/mol. The number of carbonyl (C=O) groups is 1. The van der Waals surface area contributed by atoms with Crippen LogP contribution in [0.3, 0.4) is 0 Å². The van der Waals surface area contributed by atoms with E-state index in [0.717, 1.165) is 16.7 Å². The van der Waals surface area contributed by atoms with E-state index >= 15 is 0 Å². The molecular weight excluding hydrogens is 396 g/mol. The maximum atomic E-state index is 13.2. The molecule has 0 aliphatic carbocycles. The van der Waals surface area contributed by atoms with Crippen LogP contribution in [0.15, 0.2) is 77.7 Å². The van der Waals surface area contributed by atoms with Crippen LogP contribution in [0.4, 0.5) is 0 Å². The zero-order valence-electron chi connectivity index (χ0n) is 16.8. The third-order valence-electron chi connectivity index (χ3n) is 5.53. The van der Waals surface area contributed by atoms with Crippen molar-refractivity contribution in [3.63, 3.8) is 0 Å². The number of carbonyl (C=O) groups excluding carboxylic acids is 1. The Morgan fingerprint density at radius 1 is 0.967 bits per heavy atom. The predicted octanol–water partition coefficient (Wildman–Crippen LogP) is 3.67. The van der Waals surface area contributed by atoms with E-state index in [1.807, 2.05) is 55.5 Å². The van der Waals surface area contributed by atoms with Crippen molar-refractivity contribution < 1.29 is 13.2 Å². The lowest BCUT2D eigenvalue weighted by Gasteiger charge is -2.28. The first-order chi connectivity index (χ1) is 14.4. The molecule has 3 aromatic rings. The van der Waals surface area contributed by atoms with Gasteiger partial charge in [-0.05, 0) is 53.8 Å². The molecule has 0 unspecified atom stereocenters. The van der Waals surface area contributed by atoms with Gasteiger partial charge in [0.05, 0.1) is 4.90 Å². The standard InChI is InChI=1S/C24H24N2O3S/c1-18-7-2-3-9-21(18)16-25-24(27)20-11-6-12-23(15-20)30(28,29)26-14-13-19-8-4-5-10-22(19)17-26/h2-12,15H,13-14,16-17H2,1H3,(H,25,27). The van der Waals surface area contributed by atoms with Crippen LogP contribution < -0.4 is 5.32 Å². The van der Waals surface area contributed by atoms with Gasteiger partial charge in [-0.2, -0.15) is 4.31 Å². The first kappa shape index (κ1) is 20.3. The number of fused-ring (bicyclic) bond motifs is 1. The van der Waals surface area contributed by atoms with E-state index in [1.165, 1.54) is 15.9 Å². The number of amides is 1. The fourth-order valence-electron chi connectivity index (χ4n) is 3.71. The van der Waals surface area contributed by atoms with Gasteiger partial charge in [0.2, 0.25) is 10.0 Å². The van der Waals surface area contributed by atoms with Crippen LogP contribution in [-0.4, -0.2) is 25.2 Å². The summed E-state index contributed by atoms with van der Waals surface area (Å²) in [6, 6.07) is 22.0. The summed E-state index contributed by atoms with van der Waals surface area (Å²) in [6.07, 6.45) is 0.687. The summed E-state index contributed by atoms with van der Waals surface area (Å²) in [6.45, 7) is 3.17. The molecule has 1 aliphatic rings. The Bertz CT molecular complexity index is 1190. The van der Waals surface area contributed by atoms with Gasteiger partial charge in [-0.1, -0.05) is 54.6 Å². The van der Waals surface area contributed by atoms with E-state index < -0.39 is 10.0 Å². The van der Waals surface area contributed by atoms with Gasteiger partial charge < -0.3 is 5.32 Å². The smallest absolute Gasteiger partial charge is 0.251 e. The molecule has 30 heavy (non-hydrogen) atoms. The van der Waals surface area contributed by atoms with E-state index in [1.54, 1.807) is 18.2 Å². The molecule has 6 heteroatoms. The van der Waals surface area contributed by atoms with Crippen LogP contribution in [0.2, 0.25) is 0 Å². The molecule has 5 nitrogen and oxygen atoms in total. The third kappa shape index (κ3) is 4.15. The van der Waals surface area contributed by atoms with Gasteiger partial charge in [0.15, 0.2) is 0 Å². The van der Waals surface area contributed by atoms with Crippen LogP contribution >= 0.6 is 0 Å². The van der Waals surface area contributed by atoms with Crippen molar-refractivity contribution in [1.29, 1.82) is 0 Å². The van der Waals surface area contributed by atoms with Gasteiger partial charge in [0.25, 0.3) is 5.91 Å². The zero-order valence-corrected chi connectivity index (χ0v) is 17.7. The highest BCUT2D eigenvalue weighted by molar-refractivity contribution is 7.89. The molecule has 154 valence electrons. The van der Waals surface area contributed by atoms with Crippen LogP contribution in [0.5, 0.6) is 0 Å². The molecule has 0 radical (unpaired) electrons. The van der Waals surface area contributed by atoms with Crippen LogP contribution in [-0.2, 0) is 29.5 Å². The lowest BCUT2D eigenvalue weighted by molar-refractivity contribution is 0.0950. The Morgan fingerprint density at radius 2 is 1.70 bits per heavy atom. The van der Waals surface area contributed by atoms with Crippen LogP contribution in [0.1, 0.15) is 32.6 Å². The van der Waals surface area contributed by atoms with Gasteiger partial charge in [-0.3, -0.25) is 4.79 Å². The molecule has 1 heterocycles. The van der Waals surface area contributed by atoms with Crippen molar-refractivity contribution in [3.8, 4) is 0 Å². The summed E-state index contributed by atoms with van der Waals surface area (Å²) < 4.78 is 27.9. The molecular formula is C24H24N2O3S. The van der Waals surface area contributed by atoms with Crippen molar-refractivity contribution in [2.24, 2.45) is 0 Å². The number of hydrogen-bond donors (Lipinski definition) is 1. The molecule has 0 spiro atoms. The number of sulfonamides is 1. The summed E-state index contributed by atoms with van der Waals surface area (Å²) in [4.78, 5) is 12.8. The summed E-state index contributed by atoms with van der Waals surface area (Å²) in [7, 11) is -3.68. The lowest BCUT2D eigenvalue weighted by Crippen LogP contribution is -2.36. The largest absolute Gasteiger partial charge is 0.348 e. The SMILES string of the molecule is Cc1ccccc1CNC(=O)c1cccc(S(=O)(=O)N2CCc3ccccc3C2)c1. The molecule has 3 aromatic carbocycles. The van der Waals surface area contributed by atoms with E-state index in [2.05, 4.69) is 5.32 Å². The number of hydrogen-bond acceptors (Lipinski definition) is 3. The first-order valence-electron chi connectivity index (χ1n) is 9.95. The minimum atomic E-state index is -3.68. The molecule has 1 amide bonds. The second-order valence-corrected chi connectivity index (χ2v) is 9.43. The van der Waals surface area contributed by atoms with E-state index in [9.17, 15) is 13.2 Å². The van der Waals surface area contributed by atoms with Crippen LogP contribution in [0, 0.1) is 6.92 Å². The van der Waals surface area contributed by atoms with E-state index in [0.29, 0.717) is 31.6 Å². The topological polar surface area (TPSA) is 66.5 Å². The van der Waals surface area contributed by atoms with E-state index in [4.69, 9.17) is 0 Å². The number of nitrogens with one attached hydrogen (secondary N) is 1. The van der Waals surface area contributed by atoms with Crippen molar-refractivity contribution in [2.45, 2.75) is 31.3 Å². The Labute approximate surface area is 177 Å². The second kappa shape index (κ2) is 8.42. The number of aryl methyl sites for hydroxylation is 1. The minimum absolute atomic E-state index is 0.144. The summed E-state index contributed by atoms with van der Waals surface area (Å²) in [5.74, 6) is -0.292. The van der Waals surface area contributed by atoms with Crippen molar-refractivity contribution in [3.05, 3.63) is 101 Å². The highest BCUT2D eigenvalue weighted by Crippen LogP contribution is 2.25. The normalized spacial score (nSPS) is 14.2. The van der Waals surface area contributed by atoms with Gasteiger partial charge >= 0.3 is 0 Å². The minimum Gasteiger partial charge on any atom is -0.348 e.